The van der Waals surface area contributed by atoms with Crippen molar-refractivity contribution in [1.29, 1.82) is 0 Å². The standard InChI is InChI=1S/C11H19N3O3S2/c1-8(6-12-2)11(15)14-7-9-4-5-10(18-9)19(16,17)13-3/h4-5,8,12-13H,6-7H2,1-3H3,(H,14,15). The van der Waals surface area contributed by atoms with Crippen molar-refractivity contribution in [2.75, 3.05) is 20.6 Å². The number of nitrogens with one attached hydrogen (secondary N) is 3. The van der Waals surface area contributed by atoms with Crippen LogP contribution in [0.1, 0.15) is 11.8 Å². The third kappa shape index (κ3) is 4.57. The van der Waals surface area contributed by atoms with Gasteiger partial charge in [0.2, 0.25) is 15.9 Å². The third-order valence-electron chi connectivity index (χ3n) is 2.57. The fraction of sp³-hybridized carbons (Fsp3) is 0.545. The van der Waals surface area contributed by atoms with E-state index in [2.05, 4.69) is 15.4 Å². The zero-order valence-electron chi connectivity index (χ0n) is 11.2. The molecule has 1 aromatic heterocycles. The quantitative estimate of drug-likeness (QED) is 0.668. The van der Waals surface area contributed by atoms with Crippen molar-refractivity contribution in [2.24, 2.45) is 5.92 Å². The molecule has 108 valence electrons. The van der Waals surface area contributed by atoms with Crippen LogP contribution in [-0.4, -0.2) is 35.0 Å². The van der Waals surface area contributed by atoms with Crippen LogP contribution < -0.4 is 15.4 Å². The second kappa shape index (κ2) is 6.99. The molecular formula is C11H19N3O3S2. The lowest BCUT2D eigenvalue weighted by molar-refractivity contribution is -0.124. The molecule has 1 heterocycles. The minimum atomic E-state index is -3.40. The van der Waals surface area contributed by atoms with Gasteiger partial charge in [-0.1, -0.05) is 6.92 Å². The number of hydrogen-bond acceptors (Lipinski definition) is 5. The third-order valence-corrected chi connectivity index (χ3v) is 5.56. The molecule has 1 unspecified atom stereocenters. The van der Waals surface area contributed by atoms with Crippen LogP contribution in [0.5, 0.6) is 0 Å². The second-order valence-electron chi connectivity index (χ2n) is 4.10. The summed E-state index contributed by atoms with van der Waals surface area (Å²) in [6, 6.07) is 3.24. The lowest BCUT2D eigenvalue weighted by Gasteiger charge is -2.10. The van der Waals surface area contributed by atoms with Gasteiger partial charge < -0.3 is 10.6 Å². The largest absolute Gasteiger partial charge is 0.351 e. The van der Waals surface area contributed by atoms with Gasteiger partial charge >= 0.3 is 0 Å². The van der Waals surface area contributed by atoms with Crippen molar-refractivity contribution in [3.05, 3.63) is 17.0 Å². The van der Waals surface area contributed by atoms with Crippen LogP contribution in [0.2, 0.25) is 0 Å². The summed E-state index contributed by atoms with van der Waals surface area (Å²) in [5.74, 6) is -0.175. The Bertz CT molecular complexity index is 525. The molecule has 19 heavy (non-hydrogen) atoms. The van der Waals surface area contributed by atoms with Crippen LogP contribution in [0.4, 0.5) is 0 Å². The Labute approximate surface area is 117 Å². The summed E-state index contributed by atoms with van der Waals surface area (Å²) in [7, 11) is -0.234. The summed E-state index contributed by atoms with van der Waals surface area (Å²) < 4.78 is 25.6. The maximum atomic E-state index is 11.7. The van der Waals surface area contributed by atoms with E-state index in [1.54, 1.807) is 13.1 Å². The molecular weight excluding hydrogens is 286 g/mol. The van der Waals surface area contributed by atoms with E-state index in [-0.39, 0.29) is 16.0 Å². The average Bonchev–Trinajstić information content (AvgIpc) is 2.85. The first kappa shape index (κ1) is 16.1. The van der Waals surface area contributed by atoms with Gasteiger partial charge in [-0.25, -0.2) is 13.1 Å². The van der Waals surface area contributed by atoms with Crippen LogP contribution in [0, 0.1) is 5.92 Å². The Morgan fingerprint density at radius 3 is 2.63 bits per heavy atom. The molecule has 0 bridgehead atoms. The van der Waals surface area contributed by atoms with E-state index >= 15 is 0 Å². The average molecular weight is 305 g/mol. The summed E-state index contributed by atoms with van der Waals surface area (Å²) >= 11 is 1.15. The van der Waals surface area contributed by atoms with E-state index < -0.39 is 10.0 Å². The first-order valence-corrected chi connectivity index (χ1v) is 8.15. The lowest BCUT2D eigenvalue weighted by atomic mass is 10.1. The smallest absolute Gasteiger partial charge is 0.249 e. The molecule has 0 spiro atoms. The molecule has 0 saturated carbocycles. The van der Waals surface area contributed by atoms with Crippen molar-refractivity contribution in [3.8, 4) is 0 Å². The number of rotatable bonds is 7. The van der Waals surface area contributed by atoms with Crippen molar-refractivity contribution in [3.63, 3.8) is 0 Å². The molecule has 6 nitrogen and oxygen atoms in total. The molecule has 1 amide bonds. The highest BCUT2D eigenvalue weighted by atomic mass is 32.2. The Kier molecular flexibility index (Phi) is 5.92. The highest BCUT2D eigenvalue weighted by Crippen LogP contribution is 2.21. The lowest BCUT2D eigenvalue weighted by Crippen LogP contribution is -2.33. The summed E-state index contributed by atoms with van der Waals surface area (Å²) in [5, 5.41) is 5.71. The fourth-order valence-corrected chi connectivity index (χ4v) is 3.58. The molecule has 0 saturated heterocycles. The van der Waals surface area contributed by atoms with Crippen molar-refractivity contribution in [2.45, 2.75) is 17.7 Å². The predicted molar refractivity (Wildman–Crippen MR) is 75.5 cm³/mol. The number of carbonyl (C=O) groups is 1. The van der Waals surface area contributed by atoms with Crippen molar-refractivity contribution in [1.82, 2.24) is 15.4 Å². The maximum absolute atomic E-state index is 11.7. The van der Waals surface area contributed by atoms with E-state index in [4.69, 9.17) is 0 Å². The normalized spacial score (nSPS) is 13.2. The minimum absolute atomic E-state index is 0.0548. The Morgan fingerprint density at radius 2 is 2.05 bits per heavy atom. The maximum Gasteiger partial charge on any atom is 0.249 e. The van der Waals surface area contributed by atoms with Crippen LogP contribution in [-0.2, 0) is 21.4 Å². The Morgan fingerprint density at radius 1 is 1.37 bits per heavy atom. The summed E-state index contributed by atoms with van der Waals surface area (Å²) in [4.78, 5) is 12.5. The molecule has 1 atom stereocenters. The van der Waals surface area contributed by atoms with Crippen LogP contribution in [0.25, 0.3) is 0 Å². The van der Waals surface area contributed by atoms with Gasteiger partial charge in [0.1, 0.15) is 4.21 Å². The highest BCUT2D eigenvalue weighted by molar-refractivity contribution is 7.91. The highest BCUT2D eigenvalue weighted by Gasteiger charge is 2.15. The summed E-state index contributed by atoms with van der Waals surface area (Å²) in [6.07, 6.45) is 0. The van der Waals surface area contributed by atoms with Crippen LogP contribution >= 0.6 is 11.3 Å². The van der Waals surface area contributed by atoms with Crippen molar-refractivity contribution < 1.29 is 13.2 Å². The molecule has 0 fully saturated rings. The van der Waals surface area contributed by atoms with Crippen molar-refractivity contribution >= 4 is 27.3 Å². The molecule has 3 N–H and O–H groups in total. The Hall–Kier alpha value is -0.960. The zero-order chi connectivity index (χ0) is 14.5. The first-order valence-electron chi connectivity index (χ1n) is 5.85. The minimum Gasteiger partial charge on any atom is -0.351 e. The topological polar surface area (TPSA) is 87.3 Å². The number of amides is 1. The summed E-state index contributed by atoms with van der Waals surface area (Å²) in [5.41, 5.74) is 0. The van der Waals surface area contributed by atoms with Gasteiger partial charge in [0, 0.05) is 17.3 Å². The molecule has 1 aromatic rings. The van der Waals surface area contributed by atoms with Gasteiger partial charge in [-0.05, 0) is 26.2 Å². The number of hydrogen-bond donors (Lipinski definition) is 3. The number of sulfonamides is 1. The van der Waals surface area contributed by atoms with Gasteiger partial charge in [-0.3, -0.25) is 4.79 Å². The molecule has 0 radical (unpaired) electrons. The van der Waals surface area contributed by atoms with Gasteiger partial charge in [0.05, 0.1) is 6.54 Å². The van der Waals surface area contributed by atoms with Crippen LogP contribution in [0.3, 0.4) is 0 Å². The molecule has 1 rings (SSSR count). The second-order valence-corrected chi connectivity index (χ2v) is 7.39. The summed E-state index contributed by atoms with van der Waals surface area (Å²) in [6.45, 7) is 2.78. The monoisotopic (exact) mass is 305 g/mol. The van der Waals surface area contributed by atoms with E-state index in [1.807, 2.05) is 6.92 Å². The molecule has 0 aliphatic heterocycles. The fourth-order valence-electron chi connectivity index (χ4n) is 1.45. The van der Waals surface area contributed by atoms with E-state index in [0.29, 0.717) is 13.1 Å². The first-order chi connectivity index (χ1) is 8.90. The number of thiophene rings is 1. The van der Waals surface area contributed by atoms with Crippen LogP contribution in [0.15, 0.2) is 16.3 Å². The van der Waals surface area contributed by atoms with E-state index in [9.17, 15) is 13.2 Å². The molecule has 0 aromatic carbocycles. The predicted octanol–water partition coefficient (Wildman–Crippen LogP) is 0.128. The molecule has 0 aliphatic carbocycles. The van der Waals surface area contributed by atoms with Gasteiger partial charge in [0.25, 0.3) is 0 Å². The molecule has 0 aliphatic rings. The van der Waals surface area contributed by atoms with E-state index in [1.165, 1.54) is 13.1 Å². The number of carbonyl (C=O) groups excluding carboxylic acids is 1. The van der Waals surface area contributed by atoms with Gasteiger partial charge in [-0.2, -0.15) is 0 Å². The Balaban J connectivity index is 2.58. The van der Waals surface area contributed by atoms with E-state index in [0.717, 1.165) is 16.2 Å². The van der Waals surface area contributed by atoms with Gasteiger partial charge in [0.15, 0.2) is 0 Å². The SMILES string of the molecule is CNCC(C)C(=O)NCc1ccc(S(=O)(=O)NC)s1. The molecule has 8 heteroatoms. The zero-order valence-corrected chi connectivity index (χ0v) is 12.8. The van der Waals surface area contributed by atoms with Gasteiger partial charge in [-0.15, -0.1) is 11.3 Å².